The lowest BCUT2D eigenvalue weighted by Gasteiger charge is -2.38. The zero-order valence-electron chi connectivity index (χ0n) is 20.8. The molecule has 2 aliphatic heterocycles. The Bertz CT molecular complexity index is 1510. The first kappa shape index (κ1) is 25.5. The number of hydrogen-bond acceptors (Lipinski definition) is 8. The maximum Gasteiger partial charge on any atom is 0.336 e. The third kappa shape index (κ3) is 4.78. The number of thiophene rings is 1. The van der Waals surface area contributed by atoms with E-state index in [2.05, 4.69) is 10.1 Å². The molecule has 0 unspecified atom stereocenters. The predicted molar refractivity (Wildman–Crippen MR) is 153 cm³/mol. The molecule has 3 aliphatic rings. The van der Waals surface area contributed by atoms with Gasteiger partial charge in [0.1, 0.15) is 11.5 Å². The lowest BCUT2D eigenvalue weighted by Crippen LogP contribution is -2.45. The van der Waals surface area contributed by atoms with Crippen LogP contribution in [-0.2, 0) is 11.3 Å². The van der Waals surface area contributed by atoms with Crippen molar-refractivity contribution in [3.8, 4) is 21.8 Å². The van der Waals surface area contributed by atoms with Gasteiger partial charge in [0.05, 0.1) is 38.9 Å². The van der Waals surface area contributed by atoms with Crippen molar-refractivity contribution in [2.24, 2.45) is 0 Å². The molecule has 1 aromatic carbocycles. The molecule has 2 saturated heterocycles. The fourth-order valence-corrected chi connectivity index (χ4v) is 8.37. The van der Waals surface area contributed by atoms with Crippen LogP contribution in [0.1, 0.15) is 66.1 Å². The highest BCUT2D eigenvalue weighted by atomic mass is 35.5. The molecule has 1 aliphatic carbocycles. The second-order valence-electron chi connectivity index (χ2n) is 10.5. The number of aromatic nitrogens is 2. The Balaban J connectivity index is 1.07. The van der Waals surface area contributed by atoms with Crippen molar-refractivity contribution in [3.63, 3.8) is 0 Å². The van der Waals surface area contributed by atoms with Crippen molar-refractivity contribution >= 4 is 57.0 Å². The Labute approximate surface area is 243 Å². The number of carbonyl (C=O) groups is 1. The van der Waals surface area contributed by atoms with Gasteiger partial charge in [-0.1, -0.05) is 34.4 Å². The smallest absolute Gasteiger partial charge is 0.336 e. The third-order valence-corrected chi connectivity index (χ3v) is 10.4. The first-order valence-corrected chi connectivity index (χ1v) is 15.6. The Morgan fingerprint density at radius 1 is 1.10 bits per heavy atom. The van der Waals surface area contributed by atoms with Gasteiger partial charge in [0, 0.05) is 39.9 Å². The minimum atomic E-state index is -0.911. The van der Waals surface area contributed by atoms with Crippen molar-refractivity contribution in [2.75, 3.05) is 4.90 Å². The first-order chi connectivity index (χ1) is 19.0. The van der Waals surface area contributed by atoms with E-state index in [4.69, 9.17) is 37.4 Å². The van der Waals surface area contributed by atoms with Gasteiger partial charge in [-0.2, -0.15) is 0 Å². The monoisotopic (exact) mass is 601 g/mol. The molecule has 1 N–H and O–H groups in total. The Hall–Kier alpha value is -2.43. The maximum absolute atomic E-state index is 11.3. The molecule has 0 amide bonds. The van der Waals surface area contributed by atoms with E-state index in [9.17, 15) is 9.90 Å². The molecule has 3 aromatic heterocycles. The van der Waals surface area contributed by atoms with Gasteiger partial charge in [-0.3, -0.25) is 0 Å². The standard InChI is InChI=1S/C28H25Cl2N3O4S2/c29-20-2-1-3-21(30)24(20)25-19(26(37-32-25)14-4-5-14)11-36-18-9-16-6-7-17(10-18)33(16)28-31-22(13-39-28)23-8-15(12-38-23)27(34)35/h1-3,8,12-14,16-18H,4-7,9-11H2,(H,34,35)/t16-,17+,18+. The number of carboxylic acid groups (broad SMARTS) is 1. The zero-order chi connectivity index (χ0) is 26.7. The summed E-state index contributed by atoms with van der Waals surface area (Å²) in [5.41, 5.74) is 3.49. The molecule has 2 bridgehead atoms. The van der Waals surface area contributed by atoms with E-state index in [1.165, 1.54) is 11.3 Å². The summed E-state index contributed by atoms with van der Waals surface area (Å²) in [7, 11) is 0. The van der Waals surface area contributed by atoms with Crippen LogP contribution < -0.4 is 4.90 Å². The van der Waals surface area contributed by atoms with E-state index < -0.39 is 5.97 Å². The van der Waals surface area contributed by atoms with Crippen LogP contribution in [0, 0.1) is 0 Å². The van der Waals surface area contributed by atoms with Gasteiger partial charge in [-0.05, 0) is 56.7 Å². The maximum atomic E-state index is 11.3. The molecule has 39 heavy (non-hydrogen) atoms. The molecule has 7 rings (SSSR count). The molecule has 3 atom stereocenters. The van der Waals surface area contributed by atoms with Crippen molar-refractivity contribution in [2.45, 2.75) is 69.2 Å². The van der Waals surface area contributed by atoms with Gasteiger partial charge < -0.3 is 19.3 Å². The largest absolute Gasteiger partial charge is 0.478 e. The van der Waals surface area contributed by atoms with E-state index in [-0.39, 0.29) is 6.10 Å². The highest BCUT2D eigenvalue weighted by Crippen LogP contribution is 2.47. The Morgan fingerprint density at radius 2 is 1.85 bits per heavy atom. The summed E-state index contributed by atoms with van der Waals surface area (Å²) in [5, 5.41) is 19.4. The van der Waals surface area contributed by atoms with Gasteiger partial charge in [0.15, 0.2) is 5.13 Å². The number of thiazole rings is 1. The summed E-state index contributed by atoms with van der Waals surface area (Å²) >= 11 is 16.1. The van der Waals surface area contributed by atoms with Crippen molar-refractivity contribution in [1.82, 2.24) is 10.1 Å². The number of benzene rings is 1. The highest BCUT2D eigenvalue weighted by molar-refractivity contribution is 7.16. The van der Waals surface area contributed by atoms with Gasteiger partial charge >= 0.3 is 5.97 Å². The quantitative estimate of drug-likeness (QED) is 0.218. The molecule has 4 aromatic rings. The van der Waals surface area contributed by atoms with Gasteiger partial charge in [-0.25, -0.2) is 9.78 Å². The van der Waals surface area contributed by atoms with E-state index in [1.54, 1.807) is 22.8 Å². The number of halogens is 2. The van der Waals surface area contributed by atoms with Crippen LogP contribution in [0.5, 0.6) is 0 Å². The lowest BCUT2D eigenvalue weighted by atomic mass is 10.00. The minimum Gasteiger partial charge on any atom is -0.478 e. The number of rotatable bonds is 8. The van der Waals surface area contributed by atoms with Crippen LogP contribution >= 0.6 is 45.9 Å². The first-order valence-electron chi connectivity index (χ1n) is 13.1. The van der Waals surface area contributed by atoms with E-state index in [1.807, 2.05) is 23.6 Å². The summed E-state index contributed by atoms with van der Waals surface area (Å²) in [5.74, 6) is 0.375. The fourth-order valence-electron chi connectivity index (χ4n) is 5.90. The number of anilines is 1. The van der Waals surface area contributed by atoms with Crippen LogP contribution in [0.2, 0.25) is 10.0 Å². The van der Waals surface area contributed by atoms with Crippen LogP contribution in [0.25, 0.3) is 21.8 Å². The second kappa shape index (κ2) is 10.2. The van der Waals surface area contributed by atoms with Crippen molar-refractivity contribution in [1.29, 1.82) is 0 Å². The number of aromatic carboxylic acids is 1. The number of piperidine rings is 1. The molecule has 202 valence electrons. The molecule has 0 spiro atoms. The summed E-state index contributed by atoms with van der Waals surface area (Å²) in [6, 6.07) is 7.90. The summed E-state index contributed by atoms with van der Waals surface area (Å²) < 4.78 is 12.4. The average molecular weight is 603 g/mol. The topological polar surface area (TPSA) is 88.7 Å². The van der Waals surface area contributed by atoms with E-state index in [0.29, 0.717) is 51.5 Å². The molecule has 1 saturated carbocycles. The predicted octanol–water partition coefficient (Wildman–Crippen LogP) is 8.13. The zero-order valence-corrected chi connectivity index (χ0v) is 24.0. The molecular weight excluding hydrogens is 577 g/mol. The average Bonchev–Trinajstić information content (AvgIpc) is 3.25. The Kier molecular flexibility index (Phi) is 6.67. The Morgan fingerprint density at radius 3 is 2.51 bits per heavy atom. The highest BCUT2D eigenvalue weighted by Gasteiger charge is 2.43. The van der Waals surface area contributed by atoms with Crippen LogP contribution in [0.3, 0.4) is 0 Å². The van der Waals surface area contributed by atoms with Crippen molar-refractivity contribution in [3.05, 3.63) is 62.0 Å². The summed E-state index contributed by atoms with van der Waals surface area (Å²) in [6.07, 6.45) is 6.41. The lowest BCUT2D eigenvalue weighted by molar-refractivity contribution is 0.0147. The van der Waals surface area contributed by atoms with E-state index in [0.717, 1.165) is 65.6 Å². The molecule has 5 heterocycles. The normalized spacial score (nSPS) is 22.5. The van der Waals surface area contributed by atoms with Crippen LogP contribution in [0.4, 0.5) is 5.13 Å². The summed E-state index contributed by atoms with van der Waals surface area (Å²) in [6.45, 7) is 0.419. The molecule has 7 nitrogen and oxygen atoms in total. The molecular formula is C28H25Cl2N3O4S2. The number of nitrogens with zero attached hydrogens (tertiary/aromatic N) is 3. The molecule has 3 fully saturated rings. The van der Waals surface area contributed by atoms with Crippen LogP contribution in [0.15, 0.2) is 39.5 Å². The van der Waals surface area contributed by atoms with Gasteiger partial charge in [0.2, 0.25) is 0 Å². The molecule has 11 heteroatoms. The van der Waals surface area contributed by atoms with E-state index >= 15 is 0 Å². The SMILES string of the molecule is O=C(O)c1csc(-c2csc(N3[C@@H]4CC[C@H]3C[C@@H](OCc3c(-c5c(Cl)cccc5Cl)noc3C3CC3)C4)n2)c1. The minimum absolute atomic E-state index is 0.130. The second-order valence-corrected chi connectivity index (χ2v) is 13.0. The van der Waals surface area contributed by atoms with Crippen LogP contribution in [-0.4, -0.2) is 39.4 Å². The van der Waals surface area contributed by atoms with Gasteiger partial charge in [0.25, 0.3) is 0 Å². The molecule has 0 radical (unpaired) electrons. The number of ether oxygens (including phenoxy) is 1. The summed E-state index contributed by atoms with van der Waals surface area (Å²) in [4.78, 5) is 19.5. The number of hydrogen-bond donors (Lipinski definition) is 1. The van der Waals surface area contributed by atoms with Crippen molar-refractivity contribution < 1.29 is 19.2 Å². The number of fused-ring (bicyclic) bond motifs is 2. The fraction of sp³-hybridized carbons (Fsp3) is 0.393. The van der Waals surface area contributed by atoms with Gasteiger partial charge in [-0.15, -0.1) is 22.7 Å². The number of carboxylic acids is 1. The third-order valence-electron chi connectivity index (χ3n) is 7.93.